The lowest BCUT2D eigenvalue weighted by Crippen LogP contribution is -2.50. The Morgan fingerprint density at radius 1 is 0.943 bits per heavy atom. The SMILES string of the molecule is CC(CC1CCCCC1)NC(=O)C(CC(=O)O)NC(=O)OCC1c2ccccc2-c2ccccc21. The highest BCUT2D eigenvalue weighted by Crippen LogP contribution is 2.44. The first-order chi connectivity index (χ1) is 16.9. The summed E-state index contributed by atoms with van der Waals surface area (Å²) in [5.41, 5.74) is 4.40. The number of aliphatic carboxylic acids is 1. The van der Waals surface area contributed by atoms with E-state index in [1.165, 1.54) is 19.3 Å². The fourth-order valence-electron chi connectivity index (χ4n) is 5.49. The highest BCUT2D eigenvalue weighted by atomic mass is 16.5. The van der Waals surface area contributed by atoms with Gasteiger partial charge in [-0.05, 0) is 41.5 Å². The second-order valence-corrected chi connectivity index (χ2v) is 9.77. The van der Waals surface area contributed by atoms with Crippen LogP contribution in [0.5, 0.6) is 0 Å². The maximum absolute atomic E-state index is 12.8. The minimum absolute atomic E-state index is 0.0915. The van der Waals surface area contributed by atoms with Gasteiger partial charge in [0.25, 0.3) is 0 Å². The molecule has 4 rings (SSSR count). The molecule has 2 aromatic carbocycles. The minimum atomic E-state index is -1.20. The predicted octanol–water partition coefficient (Wildman–Crippen LogP) is 4.84. The van der Waals surface area contributed by atoms with Crippen molar-refractivity contribution in [1.29, 1.82) is 0 Å². The number of nitrogens with one attached hydrogen (secondary N) is 2. The minimum Gasteiger partial charge on any atom is -0.481 e. The average Bonchev–Trinajstić information content (AvgIpc) is 3.16. The van der Waals surface area contributed by atoms with E-state index in [-0.39, 0.29) is 18.6 Å². The number of benzene rings is 2. The monoisotopic (exact) mass is 478 g/mol. The standard InChI is InChI=1S/C28H34N2O5/c1-18(15-19-9-3-2-4-10-19)29-27(33)25(16-26(31)32)30-28(34)35-17-24-22-13-7-5-11-20(22)21-12-6-8-14-23(21)24/h5-8,11-14,18-19,24-25H,2-4,9-10,15-17H2,1H3,(H,29,33)(H,30,34)(H,31,32). The van der Waals surface area contributed by atoms with Crippen molar-refractivity contribution >= 4 is 18.0 Å². The number of ether oxygens (including phenoxy) is 1. The maximum Gasteiger partial charge on any atom is 0.407 e. The molecule has 0 bridgehead atoms. The second-order valence-electron chi connectivity index (χ2n) is 9.77. The number of alkyl carbamates (subject to hydrolysis) is 1. The first-order valence-corrected chi connectivity index (χ1v) is 12.6. The Morgan fingerprint density at radius 3 is 2.14 bits per heavy atom. The van der Waals surface area contributed by atoms with Crippen LogP contribution >= 0.6 is 0 Å². The van der Waals surface area contributed by atoms with Gasteiger partial charge in [0.2, 0.25) is 5.91 Å². The molecular formula is C28H34N2O5. The number of hydrogen-bond acceptors (Lipinski definition) is 4. The molecule has 1 fully saturated rings. The van der Waals surface area contributed by atoms with Crippen LogP contribution in [0.2, 0.25) is 0 Å². The Bertz CT molecular complexity index is 1020. The van der Waals surface area contributed by atoms with Crippen LogP contribution in [-0.2, 0) is 14.3 Å². The number of rotatable bonds is 9. The first kappa shape index (κ1) is 24.8. The molecule has 0 aromatic heterocycles. The number of carbonyl (C=O) groups excluding carboxylic acids is 2. The Hall–Kier alpha value is -3.35. The summed E-state index contributed by atoms with van der Waals surface area (Å²) in [7, 11) is 0. The van der Waals surface area contributed by atoms with Crippen molar-refractivity contribution in [3.63, 3.8) is 0 Å². The molecule has 186 valence electrons. The molecule has 2 amide bonds. The smallest absolute Gasteiger partial charge is 0.407 e. The van der Waals surface area contributed by atoms with E-state index in [0.717, 1.165) is 41.5 Å². The van der Waals surface area contributed by atoms with E-state index in [4.69, 9.17) is 4.74 Å². The maximum atomic E-state index is 12.8. The summed E-state index contributed by atoms with van der Waals surface area (Å²) in [6.45, 7) is 2.02. The second kappa shape index (κ2) is 11.4. The fourth-order valence-corrected chi connectivity index (χ4v) is 5.49. The van der Waals surface area contributed by atoms with Crippen LogP contribution < -0.4 is 10.6 Å². The van der Waals surface area contributed by atoms with Gasteiger partial charge in [-0.15, -0.1) is 0 Å². The van der Waals surface area contributed by atoms with Crippen molar-refractivity contribution in [3.05, 3.63) is 59.7 Å². The van der Waals surface area contributed by atoms with Crippen LogP contribution in [0.4, 0.5) is 4.79 Å². The van der Waals surface area contributed by atoms with E-state index >= 15 is 0 Å². The molecule has 2 aliphatic carbocycles. The Morgan fingerprint density at radius 2 is 1.54 bits per heavy atom. The predicted molar refractivity (Wildman–Crippen MR) is 133 cm³/mol. The van der Waals surface area contributed by atoms with E-state index in [1.807, 2.05) is 43.3 Å². The molecule has 0 heterocycles. The van der Waals surface area contributed by atoms with E-state index < -0.39 is 30.4 Å². The number of carbonyl (C=O) groups is 3. The lowest BCUT2D eigenvalue weighted by atomic mass is 9.85. The number of hydrogen-bond donors (Lipinski definition) is 3. The van der Waals surface area contributed by atoms with E-state index in [9.17, 15) is 19.5 Å². The van der Waals surface area contributed by atoms with Crippen molar-refractivity contribution in [1.82, 2.24) is 10.6 Å². The van der Waals surface area contributed by atoms with Gasteiger partial charge < -0.3 is 20.5 Å². The molecule has 0 radical (unpaired) electrons. The van der Waals surface area contributed by atoms with E-state index in [2.05, 4.69) is 22.8 Å². The van der Waals surface area contributed by atoms with Crippen molar-refractivity contribution < 1.29 is 24.2 Å². The zero-order chi connectivity index (χ0) is 24.8. The topological polar surface area (TPSA) is 105 Å². The summed E-state index contributed by atoms with van der Waals surface area (Å²) in [5.74, 6) is -1.20. The quantitative estimate of drug-likeness (QED) is 0.478. The number of amides is 2. The third-order valence-electron chi connectivity index (χ3n) is 7.13. The number of fused-ring (bicyclic) bond motifs is 3. The summed E-state index contributed by atoms with van der Waals surface area (Å²) in [5, 5.41) is 14.7. The summed E-state index contributed by atoms with van der Waals surface area (Å²) in [4.78, 5) is 36.8. The van der Waals surface area contributed by atoms with Gasteiger partial charge >= 0.3 is 12.1 Å². The van der Waals surface area contributed by atoms with Crippen LogP contribution in [0.3, 0.4) is 0 Å². The largest absolute Gasteiger partial charge is 0.481 e. The lowest BCUT2D eigenvalue weighted by molar-refractivity contribution is -0.140. The van der Waals surface area contributed by atoms with Gasteiger partial charge in [0.15, 0.2) is 0 Å². The zero-order valence-electron chi connectivity index (χ0n) is 20.2. The molecule has 35 heavy (non-hydrogen) atoms. The van der Waals surface area contributed by atoms with Gasteiger partial charge in [-0.1, -0.05) is 80.6 Å². The Balaban J connectivity index is 1.35. The van der Waals surface area contributed by atoms with Gasteiger partial charge in [0.1, 0.15) is 12.6 Å². The van der Waals surface area contributed by atoms with Gasteiger partial charge in [0.05, 0.1) is 6.42 Å². The van der Waals surface area contributed by atoms with Crippen molar-refractivity contribution in [3.8, 4) is 11.1 Å². The van der Waals surface area contributed by atoms with Gasteiger partial charge in [-0.3, -0.25) is 9.59 Å². The van der Waals surface area contributed by atoms with Crippen LogP contribution in [0, 0.1) is 5.92 Å². The van der Waals surface area contributed by atoms with Crippen LogP contribution in [0.1, 0.15) is 68.9 Å². The molecular weight excluding hydrogens is 444 g/mol. The van der Waals surface area contributed by atoms with E-state index in [0.29, 0.717) is 5.92 Å². The van der Waals surface area contributed by atoms with Crippen LogP contribution in [-0.4, -0.2) is 41.8 Å². The Kier molecular flexibility index (Phi) is 8.06. The molecule has 7 heteroatoms. The molecule has 0 spiro atoms. The lowest BCUT2D eigenvalue weighted by Gasteiger charge is -2.26. The van der Waals surface area contributed by atoms with Gasteiger partial charge in [0, 0.05) is 12.0 Å². The molecule has 1 saturated carbocycles. The molecule has 2 aromatic rings. The molecule has 2 aliphatic rings. The summed E-state index contributed by atoms with van der Waals surface area (Å²) in [6.07, 6.45) is 5.58. The third-order valence-corrected chi connectivity index (χ3v) is 7.13. The molecule has 0 aliphatic heterocycles. The van der Waals surface area contributed by atoms with Crippen molar-refractivity contribution in [2.75, 3.05) is 6.61 Å². The molecule has 0 saturated heterocycles. The van der Waals surface area contributed by atoms with Gasteiger partial charge in [-0.2, -0.15) is 0 Å². The van der Waals surface area contributed by atoms with Gasteiger partial charge in [-0.25, -0.2) is 4.79 Å². The zero-order valence-corrected chi connectivity index (χ0v) is 20.2. The molecule has 7 nitrogen and oxygen atoms in total. The summed E-state index contributed by atoms with van der Waals surface area (Å²) >= 11 is 0. The van der Waals surface area contributed by atoms with E-state index in [1.54, 1.807) is 0 Å². The number of carboxylic acids is 1. The highest BCUT2D eigenvalue weighted by molar-refractivity contribution is 5.89. The highest BCUT2D eigenvalue weighted by Gasteiger charge is 2.30. The van der Waals surface area contributed by atoms with Crippen LogP contribution in [0.15, 0.2) is 48.5 Å². The summed E-state index contributed by atoms with van der Waals surface area (Å²) in [6, 6.07) is 14.7. The fraction of sp³-hybridized carbons (Fsp3) is 0.464. The number of carboxylic acid groups (broad SMARTS) is 1. The Labute approximate surface area is 206 Å². The first-order valence-electron chi connectivity index (χ1n) is 12.6. The average molecular weight is 479 g/mol. The van der Waals surface area contributed by atoms with Crippen molar-refractivity contribution in [2.45, 2.75) is 69.9 Å². The third kappa shape index (κ3) is 6.21. The van der Waals surface area contributed by atoms with Crippen molar-refractivity contribution in [2.24, 2.45) is 5.92 Å². The molecule has 2 unspecified atom stereocenters. The summed E-state index contributed by atoms with van der Waals surface area (Å²) < 4.78 is 5.51. The molecule has 2 atom stereocenters. The van der Waals surface area contributed by atoms with Crippen LogP contribution in [0.25, 0.3) is 11.1 Å². The molecule has 3 N–H and O–H groups in total. The normalized spacial score (nSPS) is 17.1.